The number of benzene rings is 1. The van der Waals surface area contributed by atoms with Crippen LogP contribution < -0.4 is 5.73 Å². The van der Waals surface area contributed by atoms with E-state index in [4.69, 9.17) is 10.8 Å². The third kappa shape index (κ3) is 2.00. The summed E-state index contributed by atoms with van der Waals surface area (Å²) < 4.78 is 0.617. The van der Waals surface area contributed by atoms with Gasteiger partial charge < -0.3 is 10.8 Å². The Hall–Kier alpha value is -2.63. The van der Waals surface area contributed by atoms with Gasteiger partial charge in [-0.15, -0.1) is 5.10 Å². The van der Waals surface area contributed by atoms with Crippen LogP contribution in [0.4, 0.5) is 10.6 Å². The first-order chi connectivity index (χ1) is 8.09. The molecule has 2 rings (SSSR count). The van der Waals surface area contributed by atoms with Crippen molar-refractivity contribution in [1.82, 2.24) is 9.78 Å². The Balaban J connectivity index is 2.41. The van der Waals surface area contributed by atoms with Crippen molar-refractivity contribution >= 4 is 17.7 Å². The van der Waals surface area contributed by atoms with Gasteiger partial charge in [0.2, 0.25) is 0 Å². The molecule has 0 amide bonds. The molecule has 0 aliphatic rings. The SMILES string of the molecule is Nc1nn(C(=O)O)cc1C(=O)c1ccccc1. The molecule has 0 aliphatic carbocycles. The van der Waals surface area contributed by atoms with E-state index in [1.54, 1.807) is 30.3 Å². The number of ketones is 1. The smallest absolute Gasteiger partial charge is 0.432 e. The van der Waals surface area contributed by atoms with Gasteiger partial charge in [0.15, 0.2) is 11.6 Å². The molecule has 86 valence electrons. The van der Waals surface area contributed by atoms with Crippen molar-refractivity contribution < 1.29 is 14.7 Å². The molecular formula is C11H9N3O3. The second kappa shape index (κ2) is 4.09. The van der Waals surface area contributed by atoms with Crippen LogP contribution in [0.2, 0.25) is 0 Å². The van der Waals surface area contributed by atoms with Gasteiger partial charge in [-0.05, 0) is 0 Å². The average Bonchev–Trinajstić information content (AvgIpc) is 2.72. The van der Waals surface area contributed by atoms with E-state index < -0.39 is 6.09 Å². The average molecular weight is 231 g/mol. The molecule has 2 aromatic rings. The molecule has 1 aromatic heterocycles. The molecule has 17 heavy (non-hydrogen) atoms. The summed E-state index contributed by atoms with van der Waals surface area (Å²) in [4.78, 5) is 22.6. The van der Waals surface area contributed by atoms with E-state index in [2.05, 4.69) is 5.10 Å². The Labute approximate surface area is 96.3 Å². The monoisotopic (exact) mass is 231 g/mol. The number of carbonyl (C=O) groups excluding carboxylic acids is 1. The van der Waals surface area contributed by atoms with Crippen LogP contribution >= 0.6 is 0 Å². The van der Waals surface area contributed by atoms with Gasteiger partial charge in [0.25, 0.3) is 0 Å². The van der Waals surface area contributed by atoms with Gasteiger partial charge in [-0.3, -0.25) is 4.79 Å². The molecule has 1 heterocycles. The maximum Gasteiger partial charge on any atom is 0.432 e. The zero-order chi connectivity index (χ0) is 12.4. The molecule has 0 radical (unpaired) electrons. The molecule has 6 nitrogen and oxygen atoms in total. The van der Waals surface area contributed by atoms with E-state index >= 15 is 0 Å². The lowest BCUT2D eigenvalue weighted by atomic mass is 10.1. The standard InChI is InChI=1S/C11H9N3O3/c12-10-8(6-14(13-10)11(16)17)9(15)7-4-2-1-3-5-7/h1-6H,(H2,12,13)(H,16,17). The van der Waals surface area contributed by atoms with E-state index in [1.165, 1.54) is 0 Å². The summed E-state index contributed by atoms with van der Waals surface area (Å²) in [6.45, 7) is 0. The number of nitrogens with zero attached hydrogens (tertiary/aromatic N) is 2. The van der Waals surface area contributed by atoms with Crippen LogP contribution in [-0.4, -0.2) is 26.8 Å². The number of carbonyl (C=O) groups is 2. The summed E-state index contributed by atoms with van der Waals surface area (Å²) in [5.41, 5.74) is 6.02. The molecule has 1 aromatic carbocycles. The van der Waals surface area contributed by atoms with Crippen molar-refractivity contribution in [3.63, 3.8) is 0 Å². The topological polar surface area (TPSA) is 98.2 Å². The molecule has 0 fully saturated rings. The largest absolute Gasteiger partial charge is 0.463 e. The van der Waals surface area contributed by atoms with Gasteiger partial charge in [-0.25, -0.2) is 4.79 Å². The zero-order valence-corrected chi connectivity index (χ0v) is 8.70. The second-order valence-electron chi connectivity index (χ2n) is 3.35. The van der Waals surface area contributed by atoms with Gasteiger partial charge in [-0.2, -0.15) is 4.68 Å². The van der Waals surface area contributed by atoms with Crippen molar-refractivity contribution in [2.24, 2.45) is 0 Å². The lowest BCUT2D eigenvalue weighted by molar-refractivity contribution is 0.103. The lowest BCUT2D eigenvalue weighted by Gasteiger charge is -1.97. The highest BCUT2D eigenvalue weighted by Crippen LogP contribution is 2.14. The molecule has 3 N–H and O–H groups in total. The number of hydrogen-bond acceptors (Lipinski definition) is 4. The molecule has 0 atom stereocenters. The molecule has 6 heteroatoms. The first-order valence-electron chi connectivity index (χ1n) is 4.78. The van der Waals surface area contributed by atoms with Crippen LogP contribution in [0.1, 0.15) is 15.9 Å². The number of nitrogens with two attached hydrogens (primary N) is 1. The molecule has 0 saturated carbocycles. The van der Waals surface area contributed by atoms with E-state index in [0.717, 1.165) is 6.20 Å². The molecule has 0 saturated heterocycles. The number of carboxylic acid groups (broad SMARTS) is 1. The molecular weight excluding hydrogens is 222 g/mol. The number of rotatable bonds is 2. The summed E-state index contributed by atoms with van der Waals surface area (Å²) in [7, 11) is 0. The molecule has 0 unspecified atom stereocenters. The first kappa shape index (κ1) is 10.9. The predicted molar refractivity (Wildman–Crippen MR) is 59.9 cm³/mol. The highest BCUT2D eigenvalue weighted by atomic mass is 16.4. The Morgan fingerprint density at radius 3 is 2.41 bits per heavy atom. The number of anilines is 1. The quantitative estimate of drug-likeness (QED) is 0.757. The first-order valence-corrected chi connectivity index (χ1v) is 4.78. The van der Waals surface area contributed by atoms with Crippen molar-refractivity contribution in [2.75, 3.05) is 5.73 Å². The van der Waals surface area contributed by atoms with Crippen LogP contribution in [0.25, 0.3) is 0 Å². The Morgan fingerprint density at radius 1 is 1.24 bits per heavy atom. The van der Waals surface area contributed by atoms with Crippen LogP contribution in [-0.2, 0) is 0 Å². The normalized spacial score (nSPS) is 10.1. The summed E-state index contributed by atoms with van der Waals surface area (Å²) >= 11 is 0. The maximum absolute atomic E-state index is 12.0. The summed E-state index contributed by atoms with van der Waals surface area (Å²) in [6, 6.07) is 8.46. The van der Waals surface area contributed by atoms with Crippen molar-refractivity contribution in [3.8, 4) is 0 Å². The van der Waals surface area contributed by atoms with Gasteiger partial charge >= 0.3 is 6.09 Å². The third-order valence-corrected chi connectivity index (χ3v) is 2.22. The van der Waals surface area contributed by atoms with Crippen LogP contribution in [0, 0.1) is 0 Å². The fourth-order valence-corrected chi connectivity index (χ4v) is 1.41. The summed E-state index contributed by atoms with van der Waals surface area (Å²) in [5, 5.41) is 12.2. The van der Waals surface area contributed by atoms with Crippen molar-refractivity contribution in [2.45, 2.75) is 0 Å². The van der Waals surface area contributed by atoms with E-state index in [-0.39, 0.29) is 17.2 Å². The van der Waals surface area contributed by atoms with Gasteiger partial charge in [0.05, 0.1) is 11.8 Å². The number of hydrogen-bond donors (Lipinski definition) is 2. The number of nitrogen functional groups attached to an aromatic ring is 1. The molecule has 0 spiro atoms. The molecule has 0 aliphatic heterocycles. The van der Waals surface area contributed by atoms with Gasteiger partial charge in [0, 0.05) is 5.56 Å². The summed E-state index contributed by atoms with van der Waals surface area (Å²) in [5.74, 6) is -0.447. The Kier molecular flexibility index (Phi) is 2.61. The van der Waals surface area contributed by atoms with E-state index in [9.17, 15) is 9.59 Å². The molecule has 0 bridgehead atoms. The minimum Gasteiger partial charge on any atom is -0.463 e. The van der Waals surface area contributed by atoms with Crippen LogP contribution in [0.15, 0.2) is 36.5 Å². The van der Waals surface area contributed by atoms with Crippen molar-refractivity contribution in [1.29, 1.82) is 0 Å². The van der Waals surface area contributed by atoms with E-state index in [0.29, 0.717) is 10.2 Å². The van der Waals surface area contributed by atoms with E-state index in [1.807, 2.05) is 0 Å². The maximum atomic E-state index is 12.0. The zero-order valence-electron chi connectivity index (χ0n) is 8.70. The van der Waals surface area contributed by atoms with Crippen molar-refractivity contribution in [3.05, 3.63) is 47.7 Å². The minimum absolute atomic E-state index is 0.0820. The second-order valence-corrected chi connectivity index (χ2v) is 3.35. The lowest BCUT2D eigenvalue weighted by Crippen LogP contribution is -2.08. The fraction of sp³-hybridized carbons (Fsp3) is 0. The fourth-order valence-electron chi connectivity index (χ4n) is 1.41. The Bertz CT molecular complexity index is 575. The van der Waals surface area contributed by atoms with Gasteiger partial charge in [-0.1, -0.05) is 30.3 Å². The van der Waals surface area contributed by atoms with Gasteiger partial charge in [0.1, 0.15) is 0 Å². The highest BCUT2D eigenvalue weighted by Gasteiger charge is 2.17. The Morgan fingerprint density at radius 2 is 1.88 bits per heavy atom. The predicted octanol–water partition coefficient (Wildman–Crippen LogP) is 1.22. The van der Waals surface area contributed by atoms with Crippen LogP contribution in [0.3, 0.4) is 0 Å². The summed E-state index contributed by atoms with van der Waals surface area (Å²) in [6.07, 6.45) is -0.184. The number of aromatic nitrogens is 2. The van der Waals surface area contributed by atoms with Crippen LogP contribution in [0.5, 0.6) is 0 Å². The minimum atomic E-state index is -1.29. The highest BCUT2D eigenvalue weighted by molar-refractivity contribution is 6.11. The third-order valence-electron chi connectivity index (χ3n) is 2.22.